The molecule has 1 aliphatic rings. The predicted octanol–water partition coefficient (Wildman–Crippen LogP) is 3.85. The van der Waals surface area contributed by atoms with E-state index in [0.29, 0.717) is 0 Å². The SMILES string of the molecule is COc1ccc(C(=C2C=CC(=[O+]C)C=C2)c2ccc(CO)cc2)cc1. The van der Waals surface area contributed by atoms with Crippen LogP contribution in [0.2, 0.25) is 0 Å². The van der Waals surface area contributed by atoms with Crippen molar-refractivity contribution in [2.45, 2.75) is 6.61 Å². The minimum Gasteiger partial charge on any atom is -0.497 e. The molecule has 0 unspecified atom stereocenters. The van der Waals surface area contributed by atoms with E-state index in [1.54, 1.807) is 14.2 Å². The second-order valence-electron chi connectivity index (χ2n) is 5.69. The highest BCUT2D eigenvalue weighted by Gasteiger charge is 2.14. The molecule has 3 rings (SSSR count). The fraction of sp³-hybridized carbons (Fsp3) is 0.136. The van der Waals surface area contributed by atoms with Gasteiger partial charge in [-0.25, -0.2) is 0 Å². The summed E-state index contributed by atoms with van der Waals surface area (Å²) in [5, 5.41) is 9.28. The van der Waals surface area contributed by atoms with Gasteiger partial charge in [-0.05, 0) is 52.1 Å². The number of rotatable bonds is 4. The third-order valence-corrected chi connectivity index (χ3v) is 4.18. The summed E-state index contributed by atoms with van der Waals surface area (Å²) >= 11 is 0. The summed E-state index contributed by atoms with van der Waals surface area (Å²) in [5.41, 5.74) is 5.31. The van der Waals surface area contributed by atoms with E-state index in [1.165, 1.54) is 0 Å². The van der Waals surface area contributed by atoms with Crippen molar-refractivity contribution in [3.63, 3.8) is 0 Å². The fourth-order valence-corrected chi connectivity index (χ4v) is 2.79. The Bertz CT molecular complexity index is 784. The van der Waals surface area contributed by atoms with Crippen LogP contribution in [0.5, 0.6) is 5.75 Å². The molecule has 3 nitrogen and oxygen atoms in total. The number of aliphatic hydroxyl groups is 1. The number of ether oxygens (including phenoxy) is 1. The van der Waals surface area contributed by atoms with Gasteiger partial charge in [0.05, 0.1) is 13.7 Å². The number of aliphatic hydroxyl groups excluding tert-OH is 1. The maximum Gasteiger partial charge on any atom is 0.343 e. The van der Waals surface area contributed by atoms with Crippen LogP contribution in [0.3, 0.4) is 0 Å². The van der Waals surface area contributed by atoms with E-state index in [4.69, 9.17) is 9.16 Å². The third kappa shape index (κ3) is 3.78. The van der Waals surface area contributed by atoms with Gasteiger partial charge in [0.2, 0.25) is 0 Å². The second kappa shape index (κ2) is 7.77. The number of methoxy groups -OCH3 is 1. The lowest BCUT2D eigenvalue weighted by atomic mass is 9.90. The van der Waals surface area contributed by atoms with Crippen molar-refractivity contribution >= 4 is 11.4 Å². The Kier molecular flexibility index (Phi) is 5.26. The number of hydrogen-bond acceptors (Lipinski definition) is 2. The first-order valence-electron chi connectivity index (χ1n) is 8.11. The minimum atomic E-state index is 0.0423. The predicted molar refractivity (Wildman–Crippen MR) is 101 cm³/mol. The van der Waals surface area contributed by atoms with Gasteiger partial charge in [-0.3, -0.25) is 4.42 Å². The molecular weight excluding hydrogens is 312 g/mol. The third-order valence-electron chi connectivity index (χ3n) is 4.18. The van der Waals surface area contributed by atoms with Gasteiger partial charge in [-0.15, -0.1) is 0 Å². The van der Waals surface area contributed by atoms with Crippen molar-refractivity contribution in [1.82, 2.24) is 0 Å². The lowest BCUT2D eigenvalue weighted by Gasteiger charge is -2.14. The lowest BCUT2D eigenvalue weighted by molar-refractivity contribution is -0.417. The molecule has 25 heavy (non-hydrogen) atoms. The molecule has 0 aliphatic heterocycles. The van der Waals surface area contributed by atoms with Crippen LogP contribution in [0.4, 0.5) is 0 Å². The number of carbonyl (C=O) groups excluding carboxylic acids is 1. The van der Waals surface area contributed by atoms with Crippen LogP contribution in [-0.4, -0.2) is 25.1 Å². The van der Waals surface area contributed by atoms with Crippen LogP contribution < -0.4 is 4.74 Å². The Morgan fingerprint density at radius 3 is 1.92 bits per heavy atom. The molecule has 0 aromatic heterocycles. The molecule has 0 saturated heterocycles. The normalized spacial score (nSPS) is 13.1. The summed E-state index contributed by atoms with van der Waals surface area (Å²) in [5.74, 6) is 1.65. The summed E-state index contributed by atoms with van der Waals surface area (Å²) in [6, 6.07) is 16.0. The number of ketones is 1. The van der Waals surface area contributed by atoms with Gasteiger partial charge in [0.25, 0.3) is 7.11 Å². The minimum absolute atomic E-state index is 0.0423. The molecule has 0 saturated carbocycles. The number of hydrogen-bond donors (Lipinski definition) is 1. The van der Waals surface area contributed by atoms with Crippen molar-refractivity contribution in [3.8, 4) is 5.75 Å². The monoisotopic (exact) mass is 333 g/mol. The van der Waals surface area contributed by atoms with Crippen LogP contribution in [0.15, 0.2) is 78.4 Å². The van der Waals surface area contributed by atoms with Gasteiger partial charge in [0.15, 0.2) is 0 Å². The summed E-state index contributed by atoms with van der Waals surface area (Å²) in [4.78, 5) is 0. The van der Waals surface area contributed by atoms with Crippen LogP contribution in [0.25, 0.3) is 5.57 Å². The molecule has 3 heteroatoms. The molecule has 2 aromatic rings. The van der Waals surface area contributed by atoms with E-state index < -0.39 is 0 Å². The number of benzene rings is 2. The molecular formula is C22H21O3+. The molecule has 0 fully saturated rings. The van der Waals surface area contributed by atoms with Crippen molar-refractivity contribution in [2.75, 3.05) is 14.2 Å². The smallest absolute Gasteiger partial charge is 0.343 e. The van der Waals surface area contributed by atoms with E-state index in [9.17, 15) is 5.11 Å². The zero-order chi connectivity index (χ0) is 17.6. The highest BCUT2D eigenvalue weighted by molar-refractivity contribution is 6.03. The first-order chi connectivity index (χ1) is 12.2. The summed E-state index contributed by atoms with van der Waals surface area (Å²) < 4.78 is 10.5. The summed E-state index contributed by atoms with van der Waals surface area (Å²) in [7, 11) is 3.33. The van der Waals surface area contributed by atoms with Gasteiger partial charge in [0.1, 0.15) is 5.75 Å². The first-order valence-corrected chi connectivity index (χ1v) is 8.11. The van der Waals surface area contributed by atoms with Crippen LogP contribution >= 0.6 is 0 Å². The van der Waals surface area contributed by atoms with Crippen molar-refractivity contribution in [1.29, 1.82) is 0 Å². The summed E-state index contributed by atoms with van der Waals surface area (Å²) in [6.45, 7) is 0.0423. The Hall–Kier alpha value is -2.91. The van der Waals surface area contributed by atoms with Gasteiger partial charge >= 0.3 is 5.78 Å². The zero-order valence-electron chi connectivity index (χ0n) is 14.4. The molecule has 0 amide bonds. The molecule has 0 spiro atoms. The Labute approximate surface area is 147 Å². The van der Waals surface area contributed by atoms with Gasteiger partial charge in [-0.2, -0.15) is 0 Å². The Morgan fingerprint density at radius 2 is 1.44 bits per heavy atom. The quantitative estimate of drug-likeness (QED) is 0.864. The maximum absolute atomic E-state index is 9.28. The van der Waals surface area contributed by atoms with Gasteiger partial charge in [-0.1, -0.05) is 36.4 Å². The van der Waals surface area contributed by atoms with Crippen LogP contribution in [0.1, 0.15) is 16.7 Å². The topological polar surface area (TPSA) is 40.8 Å². The van der Waals surface area contributed by atoms with Gasteiger partial charge in [0, 0.05) is 12.2 Å². The Morgan fingerprint density at radius 1 is 0.880 bits per heavy atom. The van der Waals surface area contributed by atoms with E-state index in [-0.39, 0.29) is 6.61 Å². The molecule has 0 heterocycles. The molecule has 1 N–H and O–H groups in total. The van der Waals surface area contributed by atoms with E-state index in [0.717, 1.165) is 39.4 Å². The van der Waals surface area contributed by atoms with Crippen molar-refractivity contribution < 1.29 is 14.3 Å². The van der Waals surface area contributed by atoms with Crippen LogP contribution in [0, 0.1) is 0 Å². The first kappa shape index (κ1) is 16.9. The Balaban J connectivity index is 2.12. The number of allylic oxidation sites excluding steroid dienone is 5. The fourth-order valence-electron chi connectivity index (χ4n) is 2.79. The highest BCUT2D eigenvalue weighted by atomic mass is 16.5. The van der Waals surface area contributed by atoms with E-state index in [1.807, 2.05) is 48.6 Å². The molecule has 0 atom stereocenters. The van der Waals surface area contributed by atoms with Crippen molar-refractivity contribution in [3.05, 3.63) is 95.1 Å². The largest absolute Gasteiger partial charge is 0.497 e. The molecule has 2 aromatic carbocycles. The second-order valence-corrected chi connectivity index (χ2v) is 5.69. The zero-order valence-corrected chi connectivity index (χ0v) is 14.4. The standard InChI is InChI=1S/C22H21O3/c1-24-20-11-7-18(8-12-20)22(17-5-3-16(15-23)4-6-17)19-9-13-21(25-2)14-10-19/h3-14,23H,15H2,1-2H3/q+1. The molecule has 126 valence electrons. The van der Waals surface area contributed by atoms with Crippen LogP contribution in [-0.2, 0) is 11.0 Å². The molecule has 0 radical (unpaired) electrons. The average molecular weight is 333 g/mol. The molecule has 1 aliphatic carbocycles. The van der Waals surface area contributed by atoms with E-state index >= 15 is 0 Å². The average Bonchev–Trinajstić information content (AvgIpc) is 2.70. The van der Waals surface area contributed by atoms with E-state index in [2.05, 4.69) is 24.3 Å². The van der Waals surface area contributed by atoms with Crippen molar-refractivity contribution in [2.24, 2.45) is 0 Å². The summed E-state index contributed by atoms with van der Waals surface area (Å²) in [6.07, 6.45) is 8.03. The highest BCUT2D eigenvalue weighted by Crippen LogP contribution is 2.31. The van der Waals surface area contributed by atoms with Gasteiger partial charge < -0.3 is 9.84 Å². The maximum atomic E-state index is 9.28. The lowest BCUT2D eigenvalue weighted by Crippen LogP contribution is -1.99. The molecule has 0 bridgehead atoms.